The molecule has 4 rings (SSSR count). The lowest BCUT2D eigenvalue weighted by atomic mass is 10.1. The van der Waals surface area contributed by atoms with Gasteiger partial charge in [0, 0.05) is 16.5 Å². The summed E-state index contributed by atoms with van der Waals surface area (Å²) in [6, 6.07) is 13.4. The van der Waals surface area contributed by atoms with Gasteiger partial charge in [-0.25, -0.2) is 9.97 Å². The molecule has 0 atom stereocenters. The minimum Gasteiger partial charge on any atom is -0.494 e. The number of fused-ring (bicyclic) bond motifs is 3. The molecule has 2 aromatic heterocycles. The summed E-state index contributed by atoms with van der Waals surface area (Å²) in [4.78, 5) is 12.2. The molecule has 0 saturated carbocycles. The number of nitrogens with zero attached hydrogens (tertiary/aromatic N) is 2. The van der Waals surface area contributed by atoms with Crippen molar-refractivity contribution in [1.82, 2.24) is 15.0 Å². The molecule has 0 unspecified atom stereocenters. The van der Waals surface area contributed by atoms with Crippen molar-refractivity contribution >= 4 is 39.5 Å². The van der Waals surface area contributed by atoms with E-state index in [1.165, 1.54) is 0 Å². The Morgan fingerprint density at radius 1 is 1.17 bits per heavy atom. The highest BCUT2D eigenvalue weighted by atomic mass is 35.5. The predicted molar refractivity (Wildman–Crippen MR) is 97.4 cm³/mol. The van der Waals surface area contributed by atoms with E-state index in [4.69, 9.17) is 22.1 Å². The van der Waals surface area contributed by atoms with Crippen LogP contribution in [-0.2, 0) is 0 Å². The Balaban J connectivity index is 2.05. The first-order chi connectivity index (χ1) is 11.7. The average Bonchev–Trinajstić information content (AvgIpc) is 2.93. The van der Waals surface area contributed by atoms with Gasteiger partial charge in [-0.3, -0.25) is 0 Å². The number of hydrogen-bond donors (Lipinski definition) is 2. The molecule has 0 aliphatic heterocycles. The summed E-state index contributed by atoms with van der Waals surface area (Å²) in [6.07, 6.45) is 0. The molecule has 0 saturated heterocycles. The molecule has 0 spiro atoms. The van der Waals surface area contributed by atoms with E-state index in [0.29, 0.717) is 17.3 Å². The van der Waals surface area contributed by atoms with E-state index in [9.17, 15) is 0 Å². The van der Waals surface area contributed by atoms with Gasteiger partial charge in [-0.1, -0.05) is 29.8 Å². The second-order valence-electron chi connectivity index (χ2n) is 5.40. The van der Waals surface area contributed by atoms with Crippen LogP contribution in [0.15, 0.2) is 42.5 Å². The first-order valence-electron chi connectivity index (χ1n) is 7.64. The Hall–Kier alpha value is -2.79. The lowest BCUT2D eigenvalue weighted by molar-refractivity contribution is 0.341. The molecule has 0 radical (unpaired) electrons. The molecule has 0 aliphatic rings. The van der Waals surface area contributed by atoms with E-state index in [2.05, 4.69) is 15.0 Å². The SMILES string of the molecule is CCOc1ccc2[nH]c3c(-c4ccccc4Cl)nc(N)nc3c2c1. The highest BCUT2D eigenvalue weighted by Crippen LogP contribution is 2.35. The molecule has 2 aromatic carbocycles. The summed E-state index contributed by atoms with van der Waals surface area (Å²) >= 11 is 6.34. The molecule has 120 valence electrons. The van der Waals surface area contributed by atoms with Gasteiger partial charge >= 0.3 is 0 Å². The average molecular weight is 339 g/mol. The fraction of sp³-hybridized carbons (Fsp3) is 0.111. The van der Waals surface area contributed by atoms with Gasteiger partial charge in [0.05, 0.1) is 17.1 Å². The number of aromatic nitrogens is 3. The summed E-state index contributed by atoms with van der Waals surface area (Å²) < 4.78 is 5.59. The van der Waals surface area contributed by atoms with Crippen LogP contribution in [0.4, 0.5) is 5.95 Å². The van der Waals surface area contributed by atoms with E-state index < -0.39 is 0 Å². The van der Waals surface area contributed by atoms with Crippen molar-refractivity contribution in [2.75, 3.05) is 12.3 Å². The van der Waals surface area contributed by atoms with E-state index in [1.807, 2.05) is 49.4 Å². The van der Waals surface area contributed by atoms with Gasteiger partial charge in [-0.2, -0.15) is 0 Å². The van der Waals surface area contributed by atoms with E-state index >= 15 is 0 Å². The third-order valence-electron chi connectivity index (χ3n) is 3.87. The zero-order chi connectivity index (χ0) is 16.7. The van der Waals surface area contributed by atoms with Gasteiger partial charge in [-0.15, -0.1) is 0 Å². The monoisotopic (exact) mass is 338 g/mol. The maximum Gasteiger partial charge on any atom is 0.221 e. The van der Waals surface area contributed by atoms with Crippen LogP contribution in [-0.4, -0.2) is 21.6 Å². The molecule has 0 bridgehead atoms. The second-order valence-corrected chi connectivity index (χ2v) is 5.81. The zero-order valence-electron chi connectivity index (χ0n) is 13.0. The van der Waals surface area contributed by atoms with E-state index in [0.717, 1.165) is 33.2 Å². The third kappa shape index (κ3) is 2.34. The van der Waals surface area contributed by atoms with Crippen LogP contribution in [0.25, 0.3) is 33.2 Å². The normalized spacial score (nSPS) is 11.2. The van der Waals surface area contributed by atoms with Crippen LogP contribution < -0.4 is 10.5 Å². The molecule has 6 heteroatoms. The Morgan fingerprint density at radius 3 is 2.79 bits per heavy atom. The molecule has 3 N–H and O–H groups in total. The van der Waals surface area contributed by atoms with Crippen molar-refractivity contribution in [2.24, 2.45) is 0 Å². The topological polar surface area (TPSA) is 76.8 Å². The third-order valence-corrected chi connectivity index (χ3v) is 4.20. The van der Waals surface area contributed by atoms with E-state index in [1.54, 1.807) is 0 Å². The van der Waals surface area contributed by atoms with Crippen LogP contribution in [0, 0.1) is 0 Å². The summed E-state index contributed by atoms with van der Waals surface area (Å²) in [5.41, 5.74) is 9.97. The number of nitrogens with one attached hydrogen (secondary N) is 1. The van der Waals surface area contributed by atoms with Crippen LogP contribution in [0.5, 0.6) is 5.75 Å². The fourth-order valence-corrected chi connectivity index (χ4v) is 3.08. The summed E-state index contributed by atoms with van der Waals surface area (Å²) in [6.45, 7) is 2.56. The van der Waals surface area contributed by atoms with Gasteiger partial charge in [0.2, 0.25) is 5.95 Å². The van der Waals surface area contributed by atoms with Gasteiger partial charge in [0.1, 0.15) is 17.0 Å². The van der Waals surface area contributed by atoms with Crippen LogP contribution in [0.2, 0.25) is 5.02 Å². The van der Waals surface area contributed by atoms with Crippen molar-refractivity contribution in [1.29, 1.82) is 0 Å². The maximum atomic E-state index is 6.34. The van der Waals surface area contributed by atoms with Crippen molar-refractivity contribution in [2.45, 2.75) is 6.92 Å². The molecule has 0 aliphatic carbocycles. The zero-order valence-corrected chi connectivity index (χ0v) is 13.8. The Morgan fingerprint density at radius 2 is 2.00 bits per heavy atom. The number of halogens is 1. The molecular weight excluding hydrogens is 324 g/mol. The quantitative estimate of drug-likeness (QED) is 0.580. The van der Waals surface area contributed by atoms with E-state index in [-0.39, 0.29) is 5.95 Å². The maximum absolute atomic E-state index is 6.34. The Kier molecular flexibility index (Phi) is 3.50. The molecule has 0 amide bonds. The Bertz CT molecular complexity index is 1060. The van der Waals surface area contributed by atoms with Crippen molar-refractivity contribution < 1.29 is 4.74 Å². The van der Waals surface area contributed by atoms with Gasteiger partial charge in [-0.05, 0) is 31.2 Å². The van der Waals surface area contributed by atoms with Crippen LogP contribution in [0.1, 0.15) is 6.92 Å². The second kappa shape index (κ2) is 5.69. The van der Waals surface area contributed by atoms with Gasteiger partial charge < -0.3 is 15.5 Å². The summed E-state index contributed by atoms with van der Waals surface area (Å²) in [5.74, 6) is 1.00. The first-order valence-corrected chi connectivity index (χ1v) is 8.02. The molecule has 0 fully saturated rings. The minimum absolute atomic E-state index is 0.208. The lowest BCUT2D eigenvalue weighted by Gasteiger charge is -2.06. The number of hydrogen-bond acceptors (Lipinski definition) is 4. The molecule has 4 aromatic rings. The van der Waals surface area contributed by atoms with Crippen molar-refractivity contribution in [3.8, 4) is 17.0 Å². The number of nitrogen functional groups attached to an aromatic ring is 1. The number of anilines is 1. The van der Waals surface area contributed by atoms with Crippen molar-refractivity contribution in [3.05, 3.63) is 47.5 Å². The highest BCUT2D eigenvalue weighted by Gasteiger charge is 2.16. The van der Waals surface area contributed by atoms with Crippen molar-refractivity contribution in [3.63, 3.8) is 0 Å². The number of H-pyrrole nitrogens is 1. The minimum atomic E-state index is 0.208. The van der Waals surface area contributed by atoms with Crippen LogP contribution in [0.3, 0.4) is 0 Å². The Labute approximate surface area is 143 Å². The number of ether oxygens (including phenoxy) is 1. The number of aromatic amines is 1. The molecule has 2 heterocycles. The number of nitrogens with two attached hydrogens (primary N) is 1. The van der Waals surface area contributed by atoms with Crippen LogP contribution >= 0.6 is 11.6 Å². The lowest BCUT2D eigenvalue weighted by Crippen LogP contribution is -1.97. The van der Waals surface area contributed by atoms with Gasteiger partial charge in [0.15, 0.2) is 0 Å². The smallest absolute Gasteiger partial charge is 0.221 e. The molecule has 24 heavy (non-hydrogen) atoms. The van der Waals surface area contributed by atoms with Gasteiger partial charge in [0.25, 0.3) is 0 Å². The molecule has 5 nitrogen and oxygen atoms in total. The summed E-state index contributed by atoms with van der Waals surface area (Å²) in [5, 5.41) is 1.56. The summed E-state index contributed by atoms with van der Waals surface area (Å²) in [7, 11) is 0. The standard InChI is InChI=1S/C18H15ClN4O/c1-2-24-10-7-8-14-12(9-10)16-17(21-14)15(22-18(20)23-16)11-5-3-4-6-13(11)19/h3-9,21H,2H2,1H3,(H2,20,22,23). The largest absolute Gasteiger partial charge is 0.494 e. The highest BCUT2D eigenvalue weighted by molar-refractivity contribution is 6.33. The number of benzene rings is 2. The number of rotatable bonds is 3. The first kappa shape index (κ1) is 14.8. The molecular formula is C18H15ClN4O. The fourth-order valence-electron chi connectivity index (χ4n) is 2.86. The predicted octanol–water partition coefficient (Wildman–Crippen LogP) is 4.41.